The summed E-state index contributed by atoms with van der Waals surface area (Å²) in [6, 6.07) is -1.86. The van der Waals surface area contributed by atoms with Crippen molar-refractivity contribution in [2.45, 2.75) is 31.3 Å². The maximum atomic E-state index is 11.7. The number of carboxylic acids is 1. The average molecular weight is 363 g/mol. The zero-order valence-electron chi connectivity index (χ0n) is 13.3. The van der Waals surface area contributed by atoms with Crippen LogP contribution >= 0.6 is 12.6 Å². The van der Waals surface area contributed by atoms with Gasteiger partial charge in [-0.05, 0) is 25.8 Å². The molecule has 0 spiro atoms. The van der Waals surface area contributed by atoms with Crippen molar-refractivity contribution in [3.8, 4) is 0 Å². The third kappa shape index (κ3) is 10.0. The van der Waals surface area contributed by atoms with Crippen molar-refractivity contribution in [3.05, 3.63) is 0 Å². The Morgan fingerprint density at radius 3 is 2.21 bits per heavy atom. The van der Waals surface area contributed by atoms with E-state index in [1.165, 1.54) is 0 Å². The van der Waals surface area contributed by atoms with Gasteiger partial charge in [-0.1, -0.05) is 0 Å². The number of carbonyl (C=O) groups excluding carboxylic acids is 3. The summed E-state index contributed by atoms with van der Waals surface area (Å²) in [5.41, 5.74) is 10.7. The van der Waals surface area contributed by atoms with Crippen molar-refractivity contribution in [1.29, 1.82) is 0 Å². The number of amides is 3. The minimum atomic E-state index is -1.15. The molecule has 0 aliphatic heterocycles. The quantitative estimate of drug-likeness (QED) is 0.144. The highest BCUT2D eigenvalue weighted by molar-refractivity contribution is 7.80. The molecular weight excluding hydrogens is 338 g/mol. The molecule has 0 aliphatic rings. The van der Waals surface area contributed by atoms with Crippen LogP contribution in [0.5, 0.6) is 0 Å². The van der Waals surface area contributed by atoms with Gasteiger partial charge >= 0.3 is 5.97 Å². The maximum Gasteiger partial charge on any atom is 0.326 e. The van der Waals surface area contributed by atoms with Crippen molar-refractivity contribution in [2.75, 3.05) is 25.4 Å². The maximum absolute atomic E-state index is 11.7. The summed E-state index contributed by atoms with van der Waals surface area (Å²) >= 11 is 3.85. The van der Waals surface area contributed by atoms with Crippen LogP contribution in [-0.2, 0) is 19.2 Å². The minimum Gasteiger partial charge on any atom is -0.480 e. The van der Waals surface area contributed by atoms with Crippen LogP contribution in [0.25, 0.3) is 0 Å². The second-order valence-corrected chi connectivity index (χ2v) is 5.39. The van der Waals surface area contributed by atoms with E-state index >= 15 is 0 Å². The summed E-state index contributed by atoms with van der Waals surface area (Å²) in [6.07, 6.45) is 1.48. The lowest BCUT2D eigenvalue weighted by Crippen LogP contribution is -2.48. The van der Waals surface area contributed by atoms with Gasteiger partial charge < -0.3 is 32.5 Å². The van der Waals surface area contributed by atoms with Crippen LogP contribution < -0.4 is 27.4 Å². The van der Waals surface area contributed by atoms with E-state index in [4.69, 9.17) is 16.6 Å². The topological polar surface area (TPSA) is 177 Å². The third-order valence-electron chi connectivity index (χ3n) is 2.98. The van der Waals surface area contributed by atoms with Crippen LogP contribution in [0.3, 0.4) is 0 Å². The van der Waals surface area contributed by atoms with Gasteiger partial charge in [0.2, 0.25) is 17.7 Å². The molecule has 0 bridgehead atoms. The van der Waals surface area contributed by atoms with Crippen LogP contribution in [0.1, 0.15) is 19.3 Å². The molecule has 0 radical (unpaired) electrons. The molecular formula is C13H25N5O5S. The molecule has 0 fully saturated rings. The van der Waals surface area contributed by atoms with Gasteiger partial charge in [0, 0.05) is 5.75 Å². The van der Waals surface area contributed by atoms with Gasteiger partial charge in [0.05, 0.1) is 19.1 Å². The zero-order chi connectivity index (χ0) is 18.5. The van der Waals surface area contributed by atoms with Crippen molar-refractivity contribution in [3.63, 3.8) is 0 Å². The van der Waals surface area contributed by atoms with Crippen LogP contribution in [0.4, 0.5) is 0 Å². The molecule has 138 valence electrons. The first-order valence-corrected chi connectivity index (χ1v) is 8.08. The predicted molar refractivity (Wildman–Crippen MR) is 90.3 cm³/mol. The van der Waals surface area contributed by atoms with Crippen LogP contribution in [-0.4, -0.2) is 66.3 Å². The van der Waals surface area contributed by atoms with E-state index < -0.39 is 42.3 Å². The largest absolute Gasteiger partial charge is 0.480 e. The van der Waals surface area contributed by atoms with Gasteiger partial charge in [0.15, 0.2) is 0 Å². The van der Waals surface area contributed by atoms with E-state index in [2.05, 4.69) is 28.6 Å². The lowest BCUT2D eigenvalue weighted by molar-refractivity contribution is -0.142. The molecule has 0 saturated heterocycles. The Bertz CT molecular complexity index is 448. The lowest BCUT2D eigenvalue weighted by Gasteiger charge is -2.15. The molecule has 0 aromatic heterocycles. The highest BCUT2D eigenvalue weighted by Crippen LogP contribution is 2.00. The molecule has 0 aliphatic carbocycles. The number of carbonyl (C=O) groups is 4. The monoisotopic (exact) mass is 363 g/mol. The summed E-state index contributed by atoms with van der Waals surface area (Å²) in [4.78, 5) is 45.5. The standard InChI is InChI=1S/C13H25N5O5S/c14-4-2-1-3-9(13(22)23)18-11(20)6-16-10(19)5-17-12(21)8(15)7-24/h8-9,24H,1-7,14-15H2,(H,16,19)(H,17,21)(H,18,20)(H,22,23)/t8-,9-/m0/s1. The van der Waals surface area contributed by atoms with Gasteiger partial charge in [0.25, 0.3) is 0 Å². The van der Waals surface area contributed by atoms with Gasteiger partial charge in [-0.25, -0.2) is 4.79 Å². The Hall–Kier alpha value is -1.85. The minimum absolute atomic E-state index is 0.136. The number of aliphatic carboxylic acids is 1. The van der Waals surface area contributed by atoms with Crippen LogP contribution in [0, 0.1) is 0 Å². The fraction of sp³-hybridized carbons (Fsp3) is 0.692. The fourth-order valence-electron chi connectivity index (χ4n) is 1.62. The molecule has 0 rings (SSSR count). The molecule has 24 heavy (non-hydrogen) atoms. The van der Waals surface area contributed by atoms with Crippen molar-refractivity contribution in [1.82, 2.24) is 16.0 Å². The molecule has 0 aromatic rings. The second-order valence-electron chi connectivity index (χ2n) is 5.03. The first-order valence-electron chi connectivity index (χ1n) is 7.44. The Morgan fingerprint density at radius 1 is 1.04 bits per heavy atom. The molecule has 3 amide bonds. The van der Waals surface area contributed by atoms with Gasteiger partial charge in [-0.2, -0.15) is 12.6 Å². The Balaban J connectivity index is 4.11. The van der Waals surface area contributed by atoms with E-state index in [1.54, 1.807) is 0 Å². The van der Waals surface area contributed by atoms with E-state index in [-0.39, 0.29) is 18.7 Å². The van der Waals surface area contributed by atoms with Crippen LogP contribution in [0.15, 0.2) is 0 Å². The summed E-state index contributed by atoms with van der Waals surface area (Å²) in [5, 5.41) is 15.9. The summed E-state index contributed by atoms with van der Waals surface area (Å²) < 4.78 is 0. The predicted octanol–water partition coefficient (Wildman–Crippen LogP) is -2.83. The van der Waals surface area contributed by atoms with Crippen molar-refractivity contribution in [2.24, 2.45) is 11.5 Å². The molecule has 0 aromatic carbocycles. The molecule has 0 saturated carbocycles. The number of nitrogens with one attached hydrogen (secondary N) is 3. The Labute approximate surface area is 145 Å². The smallest absolute Gasteiger partial charge is 0.326 e. The van der Waals surface area contributed by atoms with Gasteiger partial charge in [-0.15, -0.1) is 0 Å². The first-order chi connectivity index (χ1) is 11.3. The molecule has 0 heterocycles. The van der Waals surface area contributed by atoms with Gasteiger partial charge in [0.1, 0.15) is 6.04 Å². The zero-order valence-corrected chi connectivity index (χ0v) is 14.2. The number of nitrogens with two attached hydrogens (primary N) is 2. The van der Waals surface area contributed by atoms with Crippen molar-refractivity contribution >= 4 is 36.3 Å². The summed E-state index contributed by atoms with van der Waals surface area (Å²) in [6.45, 7) is -0.292. The summed E-state index contributed by atoms with van der Waals surface area (Å²) in [7, 11) is 0. The number of hydrogen-bond donors (Lipinski definition) is 7. The number of carboxylic acid groups (broad SMARTS) is 1. The number of unbranched alkanes of at least 4 members (excludes halogenated alkanes) is 1. The van der Waals surface area contributed by atoms with E-state index in [9.17, 15) is 19.2 Å². The highest BCUT2D eigenvalue weighted by Gasteiger charge is 2.19. The van der Waals surface area contributed by atoms with Crippen molar-refractivity contribution < 1.29 is 24.3 Å². The number of thiol groups is 1. The number of hydrogen-bond acceptors (Lipinski definition) is 7. The molecule has 10 nitrogen and oxygen atoms in total. The Morgan fingerprint density at radius 2 is 1.67 bits per heavy atom. The Kier molecular flexibility index (Phi) is 11.6. The molecule has 0 unspecified atom stereocenters. The highest BCUT2D eigenvalue weighted by atomic mass is 32.1. The van der Waals surface area contributed by atoms with Crippen LogP contribution in [0.2, 0.25) is 0 Å². The van der Waals surface area contributed by atoms with E-state index in [0.29, 0.717) is 19.4 Å². The van der Waals surface area contributed by atoms with Gasteiger partial charge in [-0.3, -0.25) is 14.4 Å². The third-order valence-corrected chi connectivity index (χ3v) is 3.38. The molecule has 2 atom stereocenters. The number of rotatable bonds is 12. The SMILES string of the molecule is NCCCC[C@H](NC(=O)CNC(=O)CNC(=O)[C@@H](N)CS)C(=O)O. The normalized spacial score (nSPS) is 12.8. The lowest BCUT2D eigenvalue weighted by atomic mass is 10.1. The molecule has 8 N–H and O–H groups in total. The van der Waals surface area contributed by atoms with E-state index in [1.807, 2.05) is 0 Å². The first kappa shape index (κ1) is 22.1. The summed E-state index contributed by atoms with van der Waals surface area (Å²) in [5.74, 6) is -2.78. The average Bonchev–Trinajstić information content (AvgIpc) is 2.55. The molecule has 11 heteroatoms. The second kappa shape index (κ2) is 12.6. The van der Waals surface area contributed by atoms with E-state index in [0.717, 1.165) is 0 Å². The fourth-order valence-corrected chi connectivity index (χ4v) is 1.78.